The smallest absolute Gasteiger partial charge is 0.255 e. The van der Waals surface area contributed by atoms with Gasteiger partial charge in [0.2, 0.25) is 5.91 Å². The van der Waals surface area contributed by atoms with Crippen molar-refractivity contribution in [1.82, 2.24) is 14.4 Å². The molecule has 2 fully saturated rings. The largest absolute Gasteiger partial charge is 0.467 e. The minimum Gasteiger partial charge on any atom is -0.467 e. The van der Waals surface area contributed by atoms with Gasteiger partial charge in [0, 0.05) is 43.5 Å². The van der Waals surface area contributed by atoms with E-state index in [4.69, 9.17) is 4.42 Å². The first-order chi connectivity index (χ1) is 12.5. The summed E-state index contributed by atoms with van der Waals surface area (Å²) in [6.07, 6.45) is 3.72. The summed E-state index contributed by atoms with van der Waals surface area (Å²) in [6.45, 7) is 7.13. The molecular weight excluding hydrogens is 330 g/mol. The Morgan fingerprint density at radius 1 is 1.12 bits per heavy atom. The summed E-state index contributed by atoms with van der Waals surface area (Å²) in [5.41, 5.74) is 2.75. The molecule has 0 aromatic carbocycles. The molecule has 138 valence electrons. The van der Waals surface area contributed by atoms with Crippen molar-refractivity contribution in [3.05, 3.63) is 47.2 Å². The molecule has 6 heteroatoms. The van der Waals surface area contributed by atoms with Crippen molar-refractivity contribution in [2.24, 2.45) is 5.92 Å². The number of furan rings is 1. The fourth-order valence-electron chi connectivity index (χ4n) is 3.71. The fraction of sp³-hybridized carbons (Fsp3) is 0.500. The number of hydrogen-bond donors (Lipinski definition) is 0. The normalized spacial score (nSPS) is 17.6. The van der Waals surface area contributed by atoms with Gasteiger partial charge in [0.05, 0.1) is 18.4 Å². The van der Waals surface area contributed by atoms with Gasteiger partial charge in [-0.25, -0.2) is 0 Å². The second-order valence-corrected chi connectivity index (χ2v) is 7.34. The Kier molecular flexibility index (Phi) is 4.34. The van der Waals surface area contributed by atoms with Gasteiger partial charge in [-0.1, -0.05) is 0 Å². The fourth-order valence-corrected chi connectivity index (χ4v) is 3.71. The van der Waals surface area contributed by atoms with Crippen molar-refractivity contribution >= 4 is 11.8 Å². The lowest BCUT2D eigenvalue weighted by molar-refractivity contribution is -0.134. The number of rotatable bonds is 4. The van der Waals surface area contributed by atoms with E-state index in [0.29, 0.717) is 32.7 Å². The van der Waals surface area contributed by atoms with Crippen LogP contribution in [0.25, 0.3) is 0 Å². The highest BCUT2D eigenvalue weighted by Crippen LogP contribution is 2.31. The molecule has 0 spiro atoms. The van der Waals surface area contributed by atoms with Crippen molar-refractivity contribution in [2.75, 3.05) is 26.2 Å². The predicted octanol–water partition coefficient (Wildman–Crippen LogP) is 2.44. The van der Waals surface area contributed by atoms with E-state index in [2.05, 4.69) is 4.57 Å². The van der Waals surface area contributed by atoms with E-state index < -0.39 is 0 Å². The maximum Gasteiger partial charge on any atom is 0.255 e. The number of carbonyl (C=O) groups is 2. The summed E-state index contributed by atoms with van der Waals surface area (Å²) in [5, 5.41) is 0. The molecule has 2 aromatic heterocycles. The lowest BCUT2D eigenvalue weighted by Gasteiger charge is -2.35. The van der Waals surface area contributed by atoms with Crippen molar-refractivity contribution in [1.29, 1.82) is 0 Å². The molecular formula is C20H25N3O3. The van der Waals surface area contributed by atoms with Gasteiger partial charge >= 0.3 is 0 Å². The van der Waals surface area contributed by atoms with E-state index >= 15 is 0 Å². The third-order valence-electron chi connectivity index (χ3n) is 5.50. The van der Waals surface area contributed by atoms with E-state index in [9.17, 15) is 9.59 Å². The number of amides is 2. The van der Waals surface area contributed by atoms with Gasteiger partial charge in [-0.05, 0) is 44.9 Å². The minimum absolute atomic E-state index is 0.0577. The van der Waals surface area contributed by atoms with Crippen LogP contribution in [0.3, 0.4) is 0 Å². The summed E-state index contributed by atoms with van der Waals surface area (Å²) in [4.78, 5) is 29.0. The molecule has 6 nitrogen and oxygen atoms in total. The van der Waals surface area contributed by atoms with Crippen molar-refractivity contribution in [2.45, 2.75) is 33.2 Å². The van der Waals surface area contributed by atoms with Crippen LogP contribution in [0.4, 0.5) is 0 Å². The first-order valence-corrected chi connectivity index (χ1v) is 9.32. The van der Waals surface area contributed by atoms with Crippen LogP contribution in [0.2, 0.25) is 0 Å². The molecule has 4 rings (SSSR count). The maximum absolute atomic E-state index is 13.0. The minimum atomic E-state index is 0.0577. The molecule has 0 N–H and O–H groups in total. The van der Waals surface area contributed by atoms with Gasteiger partial charge in [-0.2, -0.15) is 0 Å². The summed E-state index contributed by atoms with van der Waals surface area (Å²) in [5.74, 6) is 1.45. The second kappa shape index (κ2) is 6.67. The average molecular weight is 355 g/mol. The van der Waals surface area contributed by atoms with Gasteiger partial charge in [-0.15, -0.1) is 0 Å². The molecule has 1 saturated carbocycles. The highest BCUT2D eigenvalue weighted by molar-refractivity contribution is 5.96. The maximum atomic E-state index is 13.0. The van der Waals surface area contributed by atoms with Crippen LogP contribution >= 0.6 is 0 Å². The standard InChI is InChI=1S/C20H25N3O3/c1-14-12-18(15(2)23(14)13-17-4-3-11-26-17)20(25)22-9-7-21(8-10-22)19(24)16-5-6-16/h3-4,11-12,16H,5-10,13H2,1-2H3. The summed E-state index contributed by atoms with van der Waals surface area (Å²) < 4.78 is 7.55. The molecule has 26 heavy (non-hydrogen) atoms. The average Bonchev–Trinajstić information content (AvgIpc) is 3.31. The van der Waals surface area contributed by atoms with E-state index in [-0.39, 0.29) is 17.7 Å². The van der Waals surface area contributed by atoms with Gasteiger partial charge in [0.25, 0.3) is 5.91 Å². The van der Waals surface area contributed by atoms with E-state index in [1.165, 1.54) is 0 Å². The van der Waals surface area contributed by atoms with E-state index in [1.807, 2.05) is 41.8 Å². The van der Waals surface area contributed by atoms with Gasteiger partial charge in [0.1, 0.15) is 5.76 Å². The Morgan fingerprint density at radius 2 is 1.81 bits per heavy atom. The van der Waals surface area contributed by atoms with Crippen LogP contribution in [-0.2, 0) is 11.3 Å². The molecule has 2 aromatic rings. The Bertz CT molecular complexity index is 810. The Morgan fingerprint density at radius 3 is 2.42 bits per heavy atom. The summed E-state index contributed by atoms with van der Waals surface area (Å²) in [6, 6.07) is 5.77. The highest BCUT2D eigenvalue weighted by Gasteiger charge is 2.35. The molecule has 3 heterocycles. The zero-order chi connectivity index (χ0) is 18.3. The zero-order valence-electron chi connectivity index (χ0n) is 15.4. The van der Waals surface area contributed by atoms with Crippen LogP contribution < -0.4 is 0 Å². The molecule has 2 aliphatic rings. The third kappa shape index (κ3) is 3.16. The Balaban J connectivity index is 1.44. The SMILES string of the molecule is Cc1cc(C(=O)N2CCN(C(=O)C3CC3)CC2)c(C)n1Cc1ccco1. The molecule has 0 radical (unpaired) electrons. The van der Waals surface area contributed by atoms with Crippen molar-refractivity contribution < 1.29 is 14.0 Å². The van der Waals surface area contributed by atoms with Gasteiger partial charge in [-0.3, -0.25) is 9.59 Å². The molecule has 1 aliphatic carbocycles. The van der Waals surface area contributed by atoms with Crippen LogP contribution in [-0.4, -0.2) is 52.4 Å². The number of hydrogen-bond acceptors (Lipinski definition) is 3. The van der Waals surface area contributed by atoms with E-state index in [1.54, 1.807) is 6.26 Å². The van der Waals surface area contributed by atoms with Crippen LogP contribution in [0.5, 0.6) is 0 Å². The summed E-state index contributed by atoms with van der Waals surface area (Å²) >= 11 is 0. The van der Waals surface area contributed by atoms with Crippen molar-refractivity contribution in [3.63, 3.8) is 0 Å². The Labute approximate surface area is 153 Å². The molecule has 0 unspecified atom stereocenters. The molecule has 0 atom stereocenters. The van der Waals surface area contributed by atoms with Crippen LogP contribution in [0.1, 0.15) is 40.3 Å². The predicted molar refractivity (Wildman–Crippen MR) is 96.9 cm³/mol. The molecule has 0 bridgehead atoms. The number of aryl methyl sites for hydroxylation is 1. The second-order valence-electron chi connectivity index (χ2n) is 7.34. The Hall–Kier alpha value is -2.50. The lowest BCUT2D eigenvalue weighted by Crippen LogP contribution is -2.51. The first kappa shape index (κ1) is 16.9. The van der Waals surface area contributed by atoms with Gasteiger partial charge in [0.15, 0.2) is 0 Å². The third-order valence-corrected chi connectivity index (χ3v) is 5.50. The van der Waals surface area contributed by atoms with E-state index in [0.717, 1.165) is 35.6 Å². The monoisotopic (exact) mass is 355 g/mol. The number of aromatic nitrogens is 1. The topological polar surface area (TPSA) is 58.7 Å². The van der Waals surface area contributed by atoms with Crippen LogP contribution in [0.15, 0.2) is 28.9 Å². The zero-order valence-corrected chi connectivity index (χ0v) is 15.4. The number of carbonyl (C=O) groups excluding carboxylic acids is 2. The van der Waals surface area contributed by atoms with Crippen molar-refractivity contribution in [3.8, 4) is 0 Å². The summed E-state index contributed by atoms with van der Waals surface area (Å²) in [7, 11) is 0. The molecule has 2 amide bonds. The number of piperazine rings is 1. The quantitative estimate of drug-likeness (QED) is 0.846. The highest BCUT2D eigenvalue weighted by atomic mass is 16.3. The first-order valence-electron chi connectivity index (χ1n) is 9.32. The molecule has 1 saturated heterocycles. The lowest BCUT2D eigenvalue weighted by atomic mass is 10.2. The van der Waals surface area contributed by atoms with Gasteiger partial charge < -0.3 is 18.8 Å². The van der Waals surface area contributed by atoms with Crippen LogP contribution in [0, 0.1) is 19.8 Å². The number of nitrogens with zero attached hydrogens (tertiary/aromatic N) is 3. The molecule has 1 aliphatic heterocycles.